The normalized spacial score (nSPS) is 12.1. The summed E-state index contributed by atoms with van der Waals surface area (Å²) in [5, 5.41) is 6.92. The number of rotatable bonds is 4. The molecule has 0 saturated heterocycles. The topological polar surface area (TPSA) is 64.6 Å². The van der Waals surface area contributed by atoms with Crippen molar-refractivity contribution in [2.24, 2.45) is 0 Å². The molecule has 0 saturated carbocycles. The Morgan fingerprint density at radius 3 is 2.17 bits per heavy atom. The summed E-state index contributed by atoms with van der Waals surface area (Å²) >= 11 is 0. The van der Waals surface area contributed by atoms with Gasteiger partial charge in [-0.15, -0.1) is 0 Å². The Hall–Kier alpha value is -7.44. The van der Waals surface area contributed by atoms with E-state index in [1.807, 2.05) is 30.5 Å². The van der Waals surface area contributed by atoms with Gasteiger partial charge >= 0.3 is 0 Å². The molecule has 0 aliphatic carbocycles. The Morgan fingerprint density at radius 2 is 1.26 bits per heavy atom. The minimum atomic E-state index is 0.852. The van der Waals surface area contributed by atoms with Gasteiger partial charge in [0.05, 0.1) is 27.6 Å². The first kappa shape index (κ1) is 29.2. The van der Waals surface area contributed by atoms with Crippen LogP contribution in [0.1, 0.15) is 0 Å². The third kappa shape index (κ3) is 4.10. The Balaban J connectivity index is 1.13. The van der Waals surface area contributed by atoms with Gasteiger partial charge in [-0.3, -0.25) is 9.13 Å². The molecule has 0 unspecified atom stereocenters. The number of H-pyrrole nitrogens is 1. The van der Waals surface area contributed by atoms with Crippen molar-refractivity contribution in [2.75, 3.05) is 0 Å². The second-order valence-electron chi connectivity index (χ2n) is 13.9. The molecule has 7 aromatic carbocycles. The lowest BCUT2D eigenvalue weighted by Crippen LogP contribution is -1.97. The van der Waals surface area contributed by atoms with Crippen molar-refractivity contribution in [2.45, 2.75) is 0 Å². The van der Waals surface area contributed by atoms with Crippen LogP contribution in [0.2, 0.25) is 0 Å². The molecule has 6 nitrogen and oxygen atoms in total. The van der Waals surface area contributed by atoms with Gasteiger partial charge in [0.1, 0.15) is 22.8 Å². The van der Waals surface area contributed by atoms with Gasteiger partial charge in [0.2, 0.25) is 0 Å². The number of aromatic amines is 1. The Morgan fingerprint density at radius 1 is 0.481 bits per heavy atom. The third-order valence-electron chi connectivity index (χ3n) is 10.9. The summed E-state index contributed by atoms with van der Waals surface area (Å²) in [6.45, 7) is 0. The van der Waals surface area contributed by atoms with Crippen LogP contribution in [-0.4, -0.2) is 24.1 Å². The van der Waals surface area contributed by atoms with E-state index in [1.165, 1.54) is 10.8 Å². The molecule has 0 aliphatic heterocycles. The molecule has 0 fully saturated rings. The molecule has 252 valence electrons. The molecule has 0 bridgehead atoms. The van der Waals surface area contributed by atoms with Gasteiger partial charge in [0.15, 0.2) is 0 Å². The number of benzene rings is 7. The van der Waals surface area contributed by atoms with E-state index in [0.717, 1.165) is 99.8 Å². The van der Waals surface area contributed by atoms with E-state index in [2.05, 4.69) is 154 Å². The van der Waals surface area contributed by atoms with Gasteiger partial charge in [0, 0.05) is 66.9 Å². The largest absolute Gasteiger partial charge is 0.456 e. The highest BCUT2D eigenvalue weighted by Crippen LogP contribution is 2.42. The quantitative estimate of drug-likeness (QED) is 0.200. The zero-order chi connectivity index (χ0) is 35.3. The van der Waals surface area contributed by atoms with Gasteiger partial charge in [-0.1, -0.05) is 97.1 Å². The molecule has 6 heteroatoms. The molecule has 5 heterocycles. The highest BCUT2D eigenvalue weighted by molar-refractivity contribution is 6.18. The van der Waals surface area contributed by atoms with Crippen molar-refractivity contribution in [1.29, 1.82) is 0 Å². The molecule has 5 aromatic heterocycles. The van der Waals surface area contributed by atoms with Gasteiger partial charge in [-0.2, -0.15) is 0 Å². The van der Waals surface area contributed by atoms with E-state index >= 15 is 0 Å². The monoisotopic (exact) mass is 691 g/mol. The van der Waals surface area contributed by atoms with E-state index in [0.29, 0.717) is 0 Å². The van der Waals surface area contributed by atoms with Crippen LogP contribution in [0.5, 0.6) is 0 Å². The van der Waals surface area contributed by atoms with Crippen LogP contribution in [0.3, 0.4) is 0 Å². The highest BCUT2D eigenvalue weighted by Gasteiger charge is 2.22. The maximum absolute atomic E-state index is 6.37. The molecule has 0 radical (unpaired) electrons. The van der Waals surface area contributed by atoms with Crippen molar-refractivity contribution in [3.05, 3.63) is 170 Å². The van der Waals surface area contributed by atoms with Crippen molar-refractivity contribution >= 4 is 76.6 Å². The Bertz CT molecular complexity index is 3440. The fourth-order valence-electron chi connectivity index (χ4n) is 8.55. The number of aromatic nitrogens is 5. The van der Waals surface area contributed by atoms with Crippen LogP contribution >= 0.6 is 0 Å². The van der Waals surface area contributed by atoms with E-state index in [-0.39, 0.29) is 0 Å². The van der Waals surface area contributed by atoms with Gasteiger partial charge < -0.3 is 9.40 Å². The van der Waals surface area contributed by atoms with E-state index in [4.69, 9.17) is 14.4 Å². The standard InChI is InChI=1S/C48H29N5O/c1-2-12-30(13-3-1)52-40-20-11-16-31(47(40)51-48(52)36-18-10-17-35-32-14-4-6-19-39(32)50-46(35)36)29-23-24-33-37-27-38-34-15-5-7-21-43(34)54-44(38)28-42(37)53(41(33)26-29)45-22-8-9-25-49-45/h1-28,50H. The minimum absolute atomic E-state index is 0.852. The summed E-state index contributed by atoms with van der Waals surface area (Å²) in [5.41, 5.74) is 12.3. The smallest absolute Gasteiger partial charge is 0.147 e. The fourth-order valence-corrected chi connectivity index (χ4v) is 8.55. The molecular weight excluding hydrogens is 663 g/mol. The Labute approximate surface area is 308 Å². The zero-order valence-corrected chi connectivity index (χ0v) is 28.9. The number of para-hydroxylation sites is 5. The number of nitrogens with zero attached hydrogens (tertiary/aromatic N) is 4. The van der Waals surface area contributed by atoms with Crippen LogP contribution in [-0.2, 0) is 0 Å². The van der Waals surface area contributed by atoms with Crippen LogP contribution in [0, 0.1) is 0 Å². The Kier molecular flexibility index (Phi) is 5.96. The summed E-state index contributed by atoms with van der Waals surface area (Å²) in [7, 11) is 0. The molecule has 1 N–H and O–H groups in total. The summed E-state index contributed by atoms with van der Waals surface area (Å²) in [5.74, 6) is 1.74. The lowest BCUT2D eigenvalue weighted by molar-refractivity contribution is 0.669. The number of pyridine rings is 1. The van der Waals surface area contributed by atoms with E-state index in [1.54, 1.807) is 0 Å². The molecule has 12 rings (SSSR count). The molecular formula is C48H29N5O. The highest BCUT2D eigenvalue weighted by atomic mass is 16.3. The van der Waals surface area contributed by atoms with Crippen molar-refractivity contribution in [1.82, 2.24) is 24.1 Å². The predicted octanol–water partition coefficient (Wildman–Crippen LogP) is 12.4. The summed E-state index contributed by atoms with van der Waals surface area (Å²) in [6.07, 6.45) is 1.85. The number of imidazole rings is 1. The second kappa shape index (κ2) is 11.0. The van der Waals surface area contributed by atoms with Crippen molar-refractivity contribution in [3.8, 4) is 34.0 Å². The maximum Gasteiger partial charge on any atom is 0.147 e. The lowest BCUT2D eigenvalue weighted by atomic mass is 10.0. The summed E-state index contributed by atoms with van der Waals surface area (Å²) in [6, 6.07) is 57.5. The number of hydrogen-bond acceptors (Lipinski definition) is 3. The average molecular weight is 692 g/mol. The number of nitrogens with one attached hydrogen (secondary N) is 1. The molecule has 54 heavy (non-hydrogen) atoms. The van der Waals surface area contributed by atoms with Crippen LogP contribution < -0.4 is 0 Å². The van der Waals surface area contributed by atoms with Gasteiger partial charge in [-0.05, 0) is 66.2 Å². The second-order valence-corrected chi connectivity index (χ2v) is 13.9. The minimum Gasteiger partial charge on any atom is -0.456 e. The summed E-state index contributed by atoms with van der Waals surface area (Å²) < 4.78 is 10.9. The number of fused-ring (bicyclic) bond motifs is 10. The summed E-state index contributed by atoms with van der Waals surface area (Å²) in [4.78, 5) is 14.1. The molecule has 0 spiro atoms. The first-order valence-electron chi connectivity index (χ1n) is 18.2. The van der Waals surface area contributed by atoms with Crippen LogP contribution in [0.15, 0.2) is 174 Å². The SMILES string of the molecule is c1ccc(-n2c(-c3cccc4c3[nH]c3ccccc34)nc3c(-c4ccc5c6cc7c(cc6n(-c6ccccn6)c5c4)oc4ccccc47)cccc32)cc1. The zero-order valence-electron chi connectivity index (χ0n) is 28.9. The molecule has 12 aromatic rings. The van der Waals surface area contributed by atoms with E-state index < -0.39 is 0 Å². The number of furan rings is 1. The molecule has 0 amide bonds. The van der Waals surface area contributed by atoms with Gasteiger partial charge in [-0.25, -0.2) is 9.97 Å². The molecule has 0 aliphatic rings. The lowest BCUT2D eigenvalue weighted by Gasteiger charge is -2.11. The van der Waals surface area contributed by atoms with Crippen molar-refractivity contribution in [3.63, 3.8) is 0 Å². The predicted molar refractivity (Wildman–Crippen MR) is 221 cm³/mol. The van der Waals surface area contributed by atoms with Crippen LogP contribution in [0.4, 0.5) is 0 Å². The fraction of sp³-hybridized carbons (Fsp3) is 0. The van der Waals surface area contributed by atoms with Gasteiger partial charge in [0.25, 0.3) is 0 Å². The van der Waals surface area contributed by atoms with Crippen molar-refractivity contribution < 1.29 is 4.42 Å². The number of hydrogen-bond donors (Lipinski definition) is 1. The van der Waals surface area contributed by atoms with E-state index in [9.17, 15) is 0 Å². The first-order valence-corrected chi connectivity index (χ1v) is 18.2. The first-order chi connectivity index (χ1) is 26.8. The maximum atomic E-state index is 6.37. The van der Waals surface area contributed by atoms with Crippen LogP contribution in [0.25, 0.3) is 111 Å². The third-order valence-corrected chi connectivity index (χ3v) is 10.9. The average Bonchev–Trinajstić information content (AvgIpc) is 3.99. The molecule has 0 atom stereocenters.